The van der Waals surface area contributed by atoms with E-state index in [0.717, 1.165) is 11.8 Å². The van der Waals surface area contributed by atoms with Gasteiger partial charge in [-0.2, -0.15) is 0 Å². The molecule has 1 aromatic rings. The van der Waals surface area contributed by atoms with Crippen molar-refractivity contribution >= 4 is 17.3 Å². The van der Waals surface area contributed by atoms with Crippen LogP contribution in [0.4, 0.5) is 5.69 Å². The summed E-state index contributed by atoms with van der Waals surface area (Å²) in [7, 11) is 0. The number of nitrogens with zero attached hydrogens (tertiary/aromatic N) is 2. The molecule has 13 heavy (non-hydrogen) atoms. The van der Waals surface area contributed by atoms with E-state index in [2.05, 4.69) is 9.88 Å². The third-order valence-electron chi connectivity index (χ3n) is 3.05. The average molecular weight is 195 g/mol. The van der Waals surface area contributed by atoms with Crippen molar-refractivity contribution in [3.63, 3.8) is 0 Å². The molecule has 2 fully saturated rings. The largest absolute Gasteiger partial charge is 0.371 e. The SMILES string of the molecule is Clc1cc(N2CC3CC3C2)ccn1. The smallest absolute Gasteiger partial charge is 0.131 e. The van der Waals surface area contributed by atoms with Crippen molar-refractivity contribution in [3.05, 3.63) is 23.5 Å². The van der Waals surface area contributed by atoms with E-state index in [0.29, 0.717) is 5.15 Å². The molecule has 68 valence electrons. The fraction of sp³-hybridized carbons (Fsp3) is 0.500. The van der Waals surface area contributed by atoms with Crippen LogP contribution in [0.15, 0.2) is 18.3 Å². The molecule has 2 atom stereocenters. The number of rotatable bonds is 1. The van der Waals surface area contributed by atoms with Crippen molar-refractivity contribution in [1.29, 1.82) is 0 Å². The van der Waals surface area contributed by atoms with Crippen molar-refractivity contribution in [3.8, 4) is 0 Å². The summed E-state index contributed by atoms with van der Waals surface area (Å²) in [5.74, 6) is 1.93. The molecule has 0 N–H and O–H groups in total. The molecule has 0 bridgehead atoms. The first kappa shape index (κ1) is 7.63. The van der Waals surface area contributed by atoms with Gasteiger partial charge < -0.3 is 4.90 Å². The van der Waals surface area contributed by atoms with Crippen LogP contribution < -0.4 is 4.90 Å². The predicted octanol–water partition coefficient (Wildman–Crippen LogP) is 2.19. The minimum Gasteiger partial charge on any atom is -0.371 e. The third-order valence-corrected chi connectivity index (χ3v) is 3.26. The topological polar surface area (TPSA) is 16.1 Å². The Morgan fingerprint density at radius 3 is 2.85 bits per heavy atom. The van der Waals surface area contributed by atoms with Gasteiger partial charge in [-0.3, -0.25) is 0 Å². The quantitative estimate of drug-likeness (QED) is 0.638. The van der Waals surface area contributed by atoms with Crippen molar-refractivity contribution in [2.75, 3.05) is 18.0 Å². The van der Waals surface area contributed by atoms with Crippen LogP contribution in [0, 0.1) is 11.8 Å². The van der Waals surface area contributed by atoms with Crippen LogP contribution >= 0.6 is 11.6 Å². The lowest BCUT2D eigenvalue weighted by atomic mass is 10.3. The van der Waals surface area contributed by atoms with E-state index in [9.17, 15) is 0 Å². The zero-order valence-corrected chi connectivity index (χ0v) is 8.04. The molecule has 0 aromatic carbocycles. The van der Waals surface area contributed by atoms with E-state index in [-0.39, 0.29) is 0 Å². The minimum atomic E-state index is 0.595. The van der Waals surface area contributed by atoms with Crippen molar-refractivity contribution in [1.82, 2.24) is 4.98 Å². The van der Waals surface area contributed by atoms with Crippen LogP contribution in [0.5, 0.6) is 0 Å². The summed E-state index contributed by atoms with van der Waals surface area (Å²) >= 11 is 5.83. The average Bonchev–Trinajstić information content (AvgIpc) is 2.74. The second kappa shape index (κ2) is 2.61. The second-order valence-electron chi connectivity index (χ2n) is 4.00. The van der Waals surface area contributed by atoms with Crippen LogP contribution in [-0.2, 0) is 0 Å². The molecule has 0 radical (unpaired) electrons. The summed E-state index contributed by atoms with van der Waals surface area (Å²) < 4.78 is 0. The Hall–Kier alpha value is -0.760. The molecule has 2 aliphatic rings. The molecular formula is C10H11ClN2. The highest BCUT2D eigenvalue weighted by atomic mass is 35.5. The molecule has 1 saturated heterocycles. The summed E-state index contributed by atoms with van der Waals surface area (Å²) in [6, 6.07) is 3.99. The molecule has 0 spiro atoms. The number of anilines is 1. The van der Waals surface area contributed by atoms with Gasteiger partial charge in [0.1, 0.15) is 5.15 Å². The molecule has 1 aliphatic carbocycles. The molecule has 2 unspecified atom stereocenters. The normalized spacial score (nSPS) is 30.4. The Kier molecular flexibility index (Phi) is 1.53. The van der Waals surface area contributed by atoms with Gasteiger partial charge in [0, 0.05) is 25.0 Å². The zero-order valence-electron chi connectivity index (χ0n) is 7.28. The summed E-state index contributed by atoms with van der Waals surface area (Å²) in [4.78, 5) is 6.39. The molecule has 1 saturated carbocycles. The fourth-order valence-corrected chi connectivity index (χ4v) is 2.37. The monoisotopic (exact) mass is 194 g/mol. The number of piperidine rings is 1. The molecule has 2 heterocycles. The van der Waals surface area contributed by atoms with Crippen LogP contribution in [0.25, 0.3) is 0 Å². The number of aromatic nitrogens is 1. The molecule has 2 nitrogen and oxygen atoms in total. The Morgan fingerprint density at radius 1 is 1.38 bits per heavy atom. The summed E-state index contributed by atoms with van der Waals surface area (Å²) in [5.41, 5.74) is 1.23. The lowest BCUT2D eigenvalue weighted by molar-refractivity contribution is 0.819. The van der Waals surface area contributed by atoms with E-state index in [1.165, 1.54) is 25.2 Å². The molecule has 1 aromatic heterocycles. The minimum absolute atomic E-state index is 0.595. The van der Waals surface area contributed by atoms with Gasteiger partial charge in [0.2, 0.25) is 0 Å². The van der Waals surface area contributed by atoms with Gasteiger partial charge in [-0.15, -0.1) is 0 Å². The highest BCUT2D eigenvalue weighted by Gasteiger charge is 2.45. The second-order valence-corrected chi connectivity index (χ2v) is 4.38. The van der Waals surface area contributed by atoms with E-state index in [1.807, 2.05) is 12.1 Å². The maximum atomic E-state index is 5.83. The molecule has 1 aliphatic heterocycles. The van der Waals surface area contributed by atoms with E-state index in [1.54, 1.807) is 6.20 Å². The standard InChI is InChI=1S/C10H11ClN2/c11-10-4-9(1-2-12-10)13-5-7-3-8(7)6-13/h1-2,4,7-8H,3,5-6H2. The fourth-order valence-electron chi connectivity index (χ4n) is 2.20. The number of fused-ring (bicyclic) bond motifs is 1. The van der Waals surface area contributed by atoms with Gasteiger partial charge in [-0.05, 0) is 30.4 Å². The first-order valence-corrected chi connectivity index (χ1v) is 5.07. The highest BCUT2D eigenvalue weighted by molar-refractivity contribution is 6.29. The van der Waals surface area contributed by atoms with Crippen LogP contribution in [0.2, 0.25) is 5.15 Å². The maximum Gasteiger partial charge on any atom is 0.131 e. The predicted molar refractivity (Wildman–Crippen MR) is 53.1 cm³/mol. The maximum absolute atomic E-state index is 5.83. The van der Waals surface area contributed by atoms with Crippen LogP contribution in [-0.4, -0.2) is 18.1 Å². The summed E-state index contributed by atoms with van der Waals surface area (Å²) in [6.07, 6.45) is 3.22. The number of halogens is 1. The Bertz CT molecular complexity index is 329. The Balaban J connectivity index is 1.84. The first-order chi connectivity index (χ1) is 6.33. The Morgan fingerprint density at radius 2 is 2.15 bits per heavy atom. The molecule has 3 heteroatoms. The van der Waals surface area contributed by atoms with Crippen molar-refractivity contribution in [2.24, 2.45) is 11.8 Å². The van der Waals surface area contributed by atoms with Crippen LogP contribution in [0.1, 0.15) is 6.42 Å². The Labute approximate surface area is 82.5 Å². The van der Waals surface area contributed by atoms with E-state index in [4.69, 9.17) is 11.6 Å². The third kappa shape index (κ3) is 1.29. The van der Waals surface area contributed by atoms with Gasteiger partial charge in [0.05, 0.1) is 0 Å². The van der Waals surface area contributed by atoms with Gasteiger partial charge in [0.25, 0.3) is 0 Å². The molecule has 3 rings (SSSR count). The summed E-state index contributed by atoms with van der Waals surface area (Å²) in [5, 5.41) is 0.595. The lowest BCUT2D eigenvalue weighted by Crippen LogP contribution is -2.21. The van der Waals surface area contributed by atoms with Gasteiger partial charge in [0.15, 0.2) is 0 Å². The summed E-state index contributed by atoms with van der Waals surface area (Å²) in [6.45, 7) is 2.43. The van der Waals surface area contributed by atoms with Crippen LogP contribution in [0.3, 0.4) is 0 Å². The number of pyridine rings is 1. The number of hydrogen-bond donors (Lipinski definition) is 0. The van der Waals surface area contributed by atoms with Gasteiger partial charge in [-0.25, -0.2) is 4.98 Å². The van der Waals surface area contributed by atoms with E-state index < -0.39 is 0 Å². The molecule has 0 amide bonds. The number of hydrogen-bond acceptors (Lipinski definition) is 2. The van der Waals surface area contributed by atoms with Crippen molar-refractivity contribution in [2.45, 2.75) is 6.42 Å². The van der Waals surface area contributed by atoms with Crippen molar-refractivity contribution < 1.29 is 0 Å². The van der Waals surface area contributed by atoms with E-state index >= 15 is 0 Å². The van der Waals surface area contributed by atoms with Gasteiger partial charge >= 0.3 is 0 Å². The molecular weight excluding hydrogens is 184 g/mol. The highest BCUT2D eigenvalue weighted by Crippen LogP contribution is 2.46. The zero-order chi connectivity index (χ0) is 8.84. The van der Waals surface area contributed by atoms with Gasteiger partial charge in [-0.1, -0.05) is 11.6 Å². The lowest BCUT2D eigenvalue weighted by Gasteiger charge is -2.19. The first-order valence-electron chi connectivity index (χ1n) is 4.69.